The van der Waals surface area contributed by atoms with Gasteiger partial charge < -0.3 is 14.8 Å². The molecule has 7 heteroatoms. The van der Waals surface area contributed by atoms with E-state index in [9.17, 15) is 0 Å². The van der Waals surface area contributed by atoms with Gasteiger partial charge >= 0.3 is 6.01 Å². The number of nitrogens with zero attached hydrogens (tertiary/aromatic N) is 3. The minimum Gasteiger partial charge on any atom is -0.467 e. The smallest absolute Gasteiger partial charge is 0.321 e. The summed E-state index contributed by atoms with van der Waals surface area (Å²) >= 11 is 1.58. The van der Waals surface area contributed by atoms with Gasteiger partial charge in [0.25, 0.3) is 0 Å². The van der Waals surface area contributed by atoms with E-state index in [0.717, 1.165) is 31.7 Å². The van der Waals surface area contributed by atoms with E-state index in [1.165, 1.54) is 0 Å². The van der Waals surface area contributed by atoms with Crippen LogP contribution in [0.3, 0.4) is 0 Å². The molecule has 1 fully saturated rings. The molecule has 1 unspecified atom stereocenters. The van der Waals surface area contributed by atoms with Crippen LogP contribution >= 0.6 is 11.8 Å². The number of aromatic nitrogens is 3. The zero-order valence-electron chi connectivity index (χ0n) is 10.7. The van der Waals surface area contributed by atoms with Crippen molar-refractivity contribution in [1.29, 1.82) is 0 Å². The highest BCUT2D eigenvalue weighted by atomic mass is 32.2. The Morgan fingerprint density at radius 3 is 3.00 bits per heavy atom. The normalized spacial score (nSPS) is 18.9. The standard InChI is InChI=1S/C11H18N4O2S/c1-3-12-9-13-10(16-2)15-11(14-9)18-7-8-5-4-6-17-8/h8H,3-7H2,1-2H3,(H,12,13,14,15). The topological polar surface area (TPSA) is 69.2 Å². The van der Waals surface area contributed by atoms with Crippen LogP contribution in [0.4, 0.5) is 5.95 Å². The number of hydrogen-bond donors (Lipinski definition) is 1. The molecule has 1 aliphatic rings. The summed E-state index contributed by atoms with van der Waals surface area (Å²) in [6, 6.07) is 0.343. The Kier molecular flexibility index (Phi) is 5.00. The predicted molar refractivity (Wildman–Crippen MR) is 70.2 cm³/mol. The maximum atomic E-state index is 5.57. The van der Waals surface area contributed by atoms with Crippen LogP contribution in [-0.4, -0.2) is 47.1 Å². The first-order chi connectivity index (χ1) is 8.81. The lowest BCUT2D eigenvalue weighted by molar-refractivity contribution is 0.129. The number of rotatable bonds is 6. The van der Waals surface area contributed by atoms with E-state index >= 15 is 0 Å². The van der Waals surface area contributed by atoms with Gasteiger partial charge in [0, 0.05) is 18.9 Å². The van der Waals surface area contributed by atoms with E-state index in [1.54, 1.807) is 18.9 Å². The molecule has 0 amide bonds. The quantitative estimate of drug-likeness (QED) is 0.787. The maximum absolute atomic E-state index is 5.57. The van der Waals surface area contributed by atoms with Crippen molar-refractivity contribution in [3.05, 3.63) is 0 Å². The first kappa shape index (κ1) is 13.4. The van der Waals surface area contributed by atoms with Crippen LogP contribution < -0.4 is 10.1 Å². The fourth-order valence-corrected chi connectivity index (χ4v) is 2.57. The summed E-state index contributed by atoms with van der Waals surface area (Å²) in [5.41, 5.74) is 0. The Balaban J connectivity index is 1.98. The van der Waals surface area contributed by atoms with E-state index in [0.29, 0.717) is 23.2 Å². The zero-order chi connectivity index (χ0) is 12.8. The van der Waals surface area contributed by atoms with Crippen molar-refractivity contribution in [3.8, 4) is 6.01 Å². The van der Waals surface area contributed by atoms with Crippen molar-refractivity contribution in [2.75, 3.05) is 31.3 Å². The van der Waals surface area contributed by atoms with Gasteiger partial charge in [-0.25, -0.2) is 0 Å². The monoisotopic (exact) mass is 270 g/mol. The molecule has 6 nitrogen and oxygen atoms in total. The number of ether oxygens (including phenoxy) is 2. The highest BCUT2D eigenvalue weighted by Crippen LogP contribution is 2.22. The Morgan fingerprint density at radius 2 is 2.33 bits per heavy atom. The molecule has 100 valence electrons. The van der Waals surface area contributed by atoms with Gasteiger partial charge in [-0.3, -0.25) is 0 Å². The van der Waals surface area contributed by atoms with Crippen molar-refractivity contribution in [1.82, 2.24) is 15.0 Å². The van der Waals surface area contributed by atoms with Crippen LogP contribution in [0, 0.1) is 0 Å². The third kappa shape index (κ3) is 3.71. The van der Waals surface area contributed by atoms with Crippen LogP contribution in [-0.2, 0) is 4.74 Å². The first-order valence-corrected chi connectivity index (χ1v) is 7.08. The molecule has 1 aromatic heterocycles. The lowest BCUT2D eigenvalue weighted by atomic mass is 10.3. The van der Waals surface area contributed by atoms with Crippen LogP contribution in [0.25, 0.3) is 0 Å². The second-order valence-corrected chi connectivity index (χ2v) is 4.89. The van der Waals surface area contributed by atoms with Gasteiger partial charge in [0.15, 0.2) is 5.16 Å². The van der Waals surface area contributed by atoms with Gasteiger partial charge in [-0.05, 0) is 19.8 Å². The zero-order valence-corrected chi connectivity index (χ0v) is 11.5. The maximum Gasteiger partial charge on any atom is 0.321 e. The van der Waals surface area contributed by atoms with Gasteiger partial charge in [-0.15, -0.1) is 0 Å². The number of hydrogen-bond acceptors (Lipinski definition) is 7. The lowest BCUT2D eigenvalue weighted by Gasteiger charge is -2.09. The van der Waals surface area contributed by atoms with Crippen molar-refractivity contribution in [2.24, 2.45) is 0 Å². The molecule has 2 heterocycles. The van der Waals surface area contributed by atoms with Crippen molar-refractivity contribution >= 4 is 17.7 Å². The van der Waals surface area contributed by atoms with Crippen LogP contribution in [0.15, 0.2) is 5.16 Å². The third-order valence-electron chi connectivity index (χ3n) is 2.53. The summed E-state index contributed by atoms with van der Waals surface area (Å²) in [5, 5.41) is 3.74. The second-order valence-electron chi connectivity index (χ2n) is 3.90. The first-order valence-electron chi connectivity index (χ1n) is 6.10. The Bertz CT molecular complexity index is 385. The average Bonchev–Trinajstić information content (AvgIpc) is 2.89. The molecule has 18 heavy (non-hydrogen) atoms. The lowest BCUT2D eigenvalue weighted by Crippen LogP contribution is -2.10. The molecule has 1 atom stereocenters. The third-order valence-corrected chi connectivity index (χ3v) is 3.51. The van der Waals surface area contributed by atoms with Crippen molar-refractivity contribution in [2.45, 2.75) is 31.0 Å². The van der Waals surface area contributed by atoms with Gasteiger partial charge in [0.05, 0.1) is 13.2 Å². The number of anilines is 1. The predicted octanol–water partition coefficient (Wildman–Crippen LogP) is 1.58. The van der Waals surface area contributed by atoms with E-state index < -0.39 is 0 Å². The molecule has 0 spiro atoms. The second kappa shape index (κ2) is 6.75. The Hall–Kier alpha value is -1.08. The molecule has 0 radical (unpaired) electrons. The molecule has 0 aliphatic carbocycles. The molecular formula is C11H18N4O2S. The summed E-state index contributed by atoms with van der Waals surface area (Å²) in [6.07, 6.45) is 2.59. The molecule has 0 saturated carbocycles. The molecule has 2 rings (SSSR count). The summed E-state index contributed by atoms with van der Waals surface area (Å²) in [4.78, 5) is 12.7. The van der Waals surface area contributed by atoms with Gasteiger partial charge in [-0.1, -0.05) is 11.8 Å². The largest absolute Gasteiger partial charge is 0.467 e. The molecule has 1 N–H and O–H groups in total. The number of thioether (sulfide) groups is 1. The molecule has 1 saturated heterocycles. The Morgan fingerprint density at radius 1 is 1.44 bits per heavy atom. The molecule has 0 bridgehead atoms. The summed E-state index contributed by atoms with van der Waals surface area (Å²) in [6.45, 7) is 3.63. The van der Waals surface area contributed by atoms with Crippen LogP contribution in [0.5, 0.6) is 6.01 Å². The summed E-state index contributed by atoms with van der Waals surface area (Å²) in [7, 11) is 1.56. The minimum absolute atomic E-state index is 0.320. The van der Waals surface area contributed by atoms with E-state index in [1.807, 2.05) is 6.92 Å². The molecule has 0 aromatic carbocycles. The van der Waals surface area contributed by atoms with Gasteiger partial charge in [0.2, 0.25) is 5.95 Å². The van der Waals surface area contributed by atoms with Gasteiger partial charge in [-0.2, -0.15) is 15.0 Å². The SMILES string of the molecule is CCNc1nc(OC)nc(SCC2CCCO2)n1. The fraction of sp³-hybridized carbons (Fsp3) is 0.727. The van der Waals surface area contributed by atoms with Gasteiger partial charge in [0.1, 0.15) is 0 Å². The highest BCUT2D eigenvalue weighted by molar-refractivity contribution is 7.99. The average molecular weight is 270 g/mol. The minimum atomic E-state index is 0.320. The van der Waals surface area contributed by atoms with Crippen molar-refractivity contribution < 1.29 is 9.47 Å². The summed E-state index contributed by atoms with van der Waals surface area (Å²) in [5.74, 6) is 1.43. The van der Waals surface area contributed by atoms with E-state index in [-0.39, 0.29) is 0 Å². The van der Waals surface area contributed by atoms with Crippen LogP contribution in [0.1, 0.15) is 19.8 Å². The Labute approximate surface area is 111 Å². The van der Waals surface area contributed by atoms with Crippen LogP contribution in [0.2, 0.25) is 0 Å². The molecule has 1 aliphatic heterocycles. The highest BCUT2D eigenvalue weighted by Gasteiger charge is 2.17. The number of nitrogens with one attached hydrogen (secondary N) is 1. The molecule has 1 aromatic rings. The fourth-order valence-electron chi connectivity index (χ4n) is 1.67. The van der Waals surface area contributed by atoms with Crippen molar-refractivity contribution in [3.63, 3.8) is 0 Å². The number of methoxy groups -OCH3 is 1. The van der Waals surface area contributed by atoms with E-state index in [4.69, 9.17) is 9.47 Å². The van der Waals surface area contributed by atoms with E-state index in [2.05, 4.69) is 20.3 Å². The summed E-state index contributed by atoms with van der Waals surface area (Å²) < 4.78 is 10.6. The molecular weight excluding hydrogens is 252 g/mol.